The van der Waals surface area contributed by atoms with Crippen molar-refractivity contribution in [3.63, 3.8) is 0 Å². The molecule has 0 radical (unpaired) electrons. The van der Waals surface area contributed by atoms with Crippen molar-refractivity contribution < 1.29 is 0 Å². The van der Waals surface area contributed by atoms with Crippen LogP contribution >= 0.6 is 0 Å². The van der Waals surface area contributed by atoms with Gasteiger partial charge in [-0.25, -0.2) is 0 Å². The summed E-state index contributed by atoms with van der Waals surface area (Å²) in [4.78, 5) is 2.40. The first kappa shape index (κ1) is 8.02. The topological polar surface area (TPSA) is 15.3 Å². The molecular formula is C8H18N2. The molecule has 0 aromatic carbocycles. The second kappa shape index (κ2) is 3.94. The summed E-state index contributed by atoms with van der Waals surface area (Å²) < 4.78 is 0. The van der Waals surface area contributed by atoms with Crippen LogP contribution in [0, 0.1) is 0 Å². The first-order chi connectivity index (χ1) is 4.86. The number of nitrogens with one attached hydrogen (secondary N) is 1. The van der Waals surface area contributed by atoms with Gasteiger partial charge in [0.15, 0.2) is 0 Å². The predicted molar refractivity (Wildman–Crippen MR) is 43.9 cm³/mol. The first-order valence-corrected chi connectivity index (χ1v) is 4.32. The summed E-state index contributed by atoms with van der Waals surface area (Å²) in [5, 5.41) is 3.48. The van der Waals surface area contributed by atoms with Crippen LogP contribution in [0.1, 0.15) is 26.7 Å². The molecule has 0 aromatic heterocycles. The van der Waals surface area contributed by atoms with Crippen molar-refractivity contribution in [3.8, 4) is 0 Å². The Labute approximate surface area is 63.6 Å². The molecule has 0 bridgehead atoms. The lowest BCUT2D eigenvalue weighted by Crippen LogP contribution is -2.34. The van der Waals surface area contributed by atoms with Gasteiger partial charge in [-0.15, -0.1) is 0 Å². The Morgan fingerprint density at radius 2 is 1.90 bits per heavy atom. The largest absolute Gasteiger partial charge is 0.302 e. The summed E-state index contributed by atoms with van der Waals surface area (Å²) in [6, 6.07) is 0.848. The second-order valence-corrected chi connectivity index (χ2v) is 2.94. The third kappa shape index (κ3) is 2.67. The van der Waals surface area contributed by atoms with Crippen molar-refractivity contribution in [2.45, 2.75) is 32.7 Å². The van der Waals surface area contributed by atoms with Crippen LogP contribution in [0.4, 0.5) is 0 Å². The van der Waals surface area contributed by atoms with E-state index in [1.54, 1.807) is 0 Å². The molecule has 1 fully saturated rings. The van der Waals surface area contributed by atoms with E-state index in [0.717, 1.165) is 25.8 Å². The lowest BCUT2D eigenvalue weighted by molar-refractivity contribution is 0.278. The summed E-state index contributed by atoms with van der Waals surface area (Å²) >= 11 is 0. The van der Waals surface area contributed by atoms with E-state index < -0.39 is 0 Å². The van der Waals surface area contributed by atoms with Gasteiger partial charge in [-0.2, -0.15) is 0 Å². The molecule has 0 aliphatic heterocycles. The van der Waals surface area contributed by atoms with Crippen molar-refractivity contribution in [1.29, 1.82) is 0 Å². The second-order valence-electron chi connectivity index (χ2n) is 2.94. The molecule has 1 aliphatic rings. The molecule has 0 saturated heterocycles. The molecule has 0 amide bonds. The Hall–Kier alpha value is -0.0800. The van der Waals surface area contributed by atoms with Gasteiger partial charge in [-0.1, -0.05) is 13.8 Å². The lowest BCUT2D eigenvalue weighted by Gasteiger charge is -2.17. The van der Waals surface area contributed by atoms with Gasteiger partial charge >= 0.3 is 0 Å². The van der Waals surface area contributed by atoms with Crippen LogP contribution in [0.15, 0.2) is 0 Å². The Morgan fingerprint density at radius 1 is 1.30 bits per heavy atom. The van der Waals surface area contributed by atoms with Crippen LogP contribution in [-0.2, 0) is 0 Å². The van der Waals surface area contributed by atoms with E-state index in [1.165, 1.54) is 12.8 Å². The predicted octanol–water partition coefficient (Wildman–Crippen LogP) is 1.04. The summed E-state index contributed by atoms with van der Waals surface area (Å²) in [5.41, 5.74) is 0. The molecule has 60 valence electrons. The normalized spacial score (nSPS) is 18.3. The lowest BCUT2D eigenvalue weighted by atomic mass is 10.5. The van der Waals surface area contributed by atoms with Crippen LogP contribution in [0.3, 0.4) is 0 Å². The Morgan fingerprint density at radius 3 is 2.30 bits per heavy atom. The fourth-order valence-corrected chi connectivity index (χ4v) is 0.993. The maximum absolute atomic E-state index is 3.48. The maximum Gasteiger partial charge on any atom is 0.0482 e. The van der Waals surface area contributed by atoms with Gasteiger partial charge < -0.3 is 5.32 Å². The minimum absolute atomic E-state index is 0.848. The van der Waals surface area contributed by atoms with Crippen LogP contribution in [-0.4, -0.2) is 30.7 Å². The van der Waals surface area contributed by atoms with Gasteiger partial charge in [-0.3, -0.25) is 4.90 Å². The van der Waals surface area contributed by atoms with E-state index in [0.29, 0.717) is 0 Å². The summed E-state index contributed by atoms with van der Waals surface area (Å²) in [6.45, 7) is 7.82. The average molecular weight is 142 g/mol. The van der Waals surface area contributed by atoms with Gasteiger partial charge in [0.05, 0.1) is 0 Å². The zero-order valence-corrected chi connectivity index (χ0v) is 7.06. The fourth-order valence-electron chi connectivity index (χ4n) is 0.993. The first-order valence-electron chi connectivity index (χ1n) is 4.32. The van der Waals surface area contributed by atoms with Gasteiger partial charge in [0, 0.05) is 12.7 Å². The van der Waals surface area contributed by atoms with Crippen molar-refractivity contribution in [1.82, 2.24) is 10.2 Å². The van der Waals surface area contributed by atoms with Crippen molar-refractivity contribution >= 4 is 0 Å². The highest BCUT2D eigenvalue weighted by atomic mass is 15.2. The third-order valence-electron chi connectivity index (χ3n) is 2.08. The van der Waals surface area contributed by atoms with Gasteiger partial charge in [0.25, 0.3) is 0 Å². The van der Waals surface area contributed by atoms with Crippen molar-refractivity contribution in [2.75, 3.05) is 19.8 Å². The SMILES string of the molecule is CCN(CC)CNC1CC1. The van der Waals surface area contributed by atoms with Crippen LogP contribution < -0.4 is 5.32 Å². The Kier molecular flexibility index (Phi) is 3.16. The minimum atomic E-state index is 0.848. The summed E-state index contributed by atoms with van der Waals surface area (Å²) in [6.07, 6.45) is 2.78. The summed E-state index contributed by atoms with van der Waals surface area (Å²) in [7, 11) is 0. The van der Waals surface area contributed by atoms with E-state index in [-0.39, 0.29) is 0 Å². The standard InChI is InChI=1S/C8H18N2/c1-3-10(4-2)7-9-8-5-6-8/h8-9H,3-7H2,1-2H3. The fraction of sp³-hybridized carbons (Fsp3) is 1.00. The van der Waals surface area contributed by atoms with Crippen molar-refractivity contribution in [2.24, 2.45) is 0 Å². The molecule has 0 aromatic rings. The molecule has 1 saturated carbocycles. The van der Waals surface area contributed by atoms with Gasteiger partial charge in [0.1, 0.15) is 0 Å². The molecule has 0 heterocycles. The van der Waals surface area contributed by atoms with Crippen molar-refractivity contribution in [3.05, 3.63) is 0 Å². The number of nitrogens with zero attached hydrogens (tertiary/aromatic N) is 1. The molecular weight excluding hydrogens is 124 g/mol. The molecule has 1 aliphatic carbocycles. The molecule has 1 N–H and O–H groups in total. The molecule has 10 heavy (non-hydrogen) atoms. The van der Waals surface area contributed by atoms with Gasteiger partial charge in [-0.05, 0) is 25.9 Å². The van der Waals surface area contributed by atoms with Crippen LogP contribution in [0.2, 0.25) is 0 Å². The van der Waals surface area contributed by atoms with E-state index in [9.17, 15) is 0 Å². The number of rotatable bonds is 5. The highest BCUT2D eigenvalue weighted by molar-refractivity contribution is 4.80. The van der Waals surface area contributed by atoms with Gasteiger partial charge in [0.2, 0.25) is 0 Å². The van der Waals surface area contributed by atoms with E-state index >= 15 is 0 Å². The Balaban J connectivity index is 1.97. The van der Waals surface area contributed by atoms with Crippen LogP contribution in [0.25, 0.3) is 0 Å². The highest BCUT2D eigenvalue weighted by Crippen LogP contribution is 2.18. The molecule has 2 nitrogen and oxygen atoms in total. The average Bonchev–Trinajstić information content (AvgIpc) is 2.74. The molecule has 2 heteroatoms. The van der Waals surface area contributed by atoms with E-state index in [4.69, 9.17) is 0 Å². The number of hydrogen-bond acceptors (Lipinski definition) is 2. The molecule has 0 atom stereocenters. The smallest absolute Gasteiger partial charge is 0.0482 e. The zero-order chi connectivity index (χ0) is 7.40. The van der Waals surface area contributed by atoms with E-state index in [1.807, 2.05) is 0 Å². The zero-order valence-electron chi connectivity index (χ0n) is 7.06. The quantitative estimate of drug-likeness (QED) is 0.577. The molecule has 1 rings (SSSR count). The Bertz CT molecular complexity index is 85.3. The number of hydrogen-bond donors (Lipinski definition) is 1. The maximum atomic E-state index is 3.48. The third-order valence-corrected chi connectivity index (χ3v) is 2.08. The summed E-state index contributed by atoms with van der Waals surface area (Å²) in [5.74, 6) is 0. The monoisotopic (exact) mass is 142 g/mol. The molecule has 0 unspecified atom stereocenters. The minimum Gasteiger partial charge on any atom is -0.302 e. The van der Waals surface area contributed by atoms with E-state index in [2.05, 4.69) is 24.1 Å². The molecule has 0 spiro atoms. The highest BCUT2D eigenvalue weighted by Gasteiger charge is 2.20. The van der Waals surface area contributed by atoms with Crippen LogP contribution in [0.5, 0.6) is 0 Å².